The summed E-state index contributed by atoms with van der Waals surface area (Å²) in [6.07, 6.45) is 0.223. The molecule has 0 N–H and O–H groups in total. The molecule has 13 heavy (non-hydrogen) atoms. The molecule has 0 unspecified atom stereocenters. The molecular formula is C12H16O. The fourth-order valence-corrected chi connectivity index (χ4v) is 1.11. The third kappa shape index (κ3) is 2.94. The van der Waals surface area contributed by atoms with E-state index in [0.717, 1.165) is 16.9 Å². The molecule has 0 spiro atoms. The van der Waals surface area contributed by atoms with Crippen molar-refractivity contribution in [2.45, 2.75) is 26.9 Å². The van der Waals surface area contributed by atoms with E-state index < -0.39 is 0 Å². The Morgan fingerprint density at radius 2 is 2.08 bits per heavy atom. The fourth-order valence-electron chi connectivity index (χ4n) is 1.11. The lowest BCUT2D eigenvalue weighted by Gasteiger charge is -2.10. The van der Waals surface area contributed by atoms with Crippen LogP contribution in [0, 0.1) is 0 Å². The van der Waals surface area contributed by atoms with Crippen LogP contribution in [0.15, 0.2) is 30.8 Å². The zero-order chi connectivity index (χ0) is 9.84. The lowest BCUT2D eigenvalue weighted by atomic mass is 10.1. The van der Waals surface area contributed by atoms with Gasteiger partial charge in [-0.25, -0.2) is 0 Å². The maximum absolute atomic E-state index is 5.56. The molecule has 0 amide bonds. The Balaban J connectivity index is 2.85. The number of allylic oxidation sites excluding steroid dienone is 1. The van der Waals surface area contributed by atoms with Crippen LogP contribution in [0.3, 0.4) is 0 Å². The van der Waals surface area contributed by atoms with E-state index >= 15 is 0 Å². The fraction of sp³-hybridized carbons (Fsp3) is 0.333. The highest BCUT2D eigenvalue weighted by molar-refractivity contribution is 5.62. The molecule has 0 bridgehead atoms. The zero-order valence-corrected chi connectivity index (χ0v) is 8.50. The van der Waals surface area contributed by atoms with E-state index in [4.69, 9.17) is 4.74 Å². The summed E-state index contributed by atoms with van der Waals surface area (Å²) < 4.78 is 5.56. The molecule has 1 rings (SSSR count). The van der Waals surface area contributed by atoms with Crippen LogP contribution < -0.4 is 4.74 Å². The first-order chi connectivity index (χ1) is 6.09. The average molecular weight is 176 g/mol. The Morgan fingerprint density at radius 3 is 2.62 bits per heavy atom. The predicted molar refractivity (Wildman–Crippen MR) is 56.9 cm³/mol. The lowest BCUT2D eigenvalue weighted by molar-refractivity contribution is 0.242. The number of ether oxygens (including phenoxy) is 1. The SMILES string of the molecule is C=C(C)c1cccc(OC(C)C)c1. The first-order valence-corrected chi connectivity index (χ1v) is 4.52. The quantitative estimate of drug-likeness (QED) is 0.684. The molecule has 70 valence electrons. The van der Waals surface area contributed by atoms with Gasteiger partial charge in [0.1, 0.15) is 5.75 Å². The molecule has 0 aliphatic rings. The van der Waals surface area contributed by atoms with Gasteiger partial charge in [-0.1, -0.05) is 24.3 Å². The third-order valence-corrected chi connectivity index (χ3v) is 1.70. The highest BCUT2D eigenvalue weighted by Gasteiger charge is 1.98. The van der Waals surface area contributed by atoms with Crippen molar-refractivity contribution in [3.05, 3.63) is 36.4 Å². The lowest BCUT2D eigenvalue weighted by Crippen LogP contribution is -2.05. The second-order valence-corrected chi connectivity index (χ2v) is 3.47. The monoisotopic (exact) mass is 176 g/mol. The largest absolute Gasteiger partial charge is 0.491 e. The molecule has 0 heterocycles. The van der Waals surface area contributed by atoms with Crippen molar-refractivity contribution < 1.29 is 4.74 Å². The summed E-state index contributed by atoms with van der Waals surface area (Å²) in [5, 5.41) is 0. The smallest absolute Gasteiger partial charge is 0.120 e. The van der Waals surface area contributed by atoms with E-state index in [1.807, 2.05) is 45.0 Å². The Bertz CT molecular complexity index is 300. The Morgan fingerprint density at radius 1 is 1.38 bits per heavy atom. The van der Waals surface area contributed by atoms with E-state index in [0.29, 0.717) is 0 Å². The minimum Gasteiger partial charge on any atom is -0.491 e. The zero-order valence-electron chi connectivity index (χ0n) is 8.50. The summed E-state index contributed by atoms with van der Waals surface area (Å²) in [7, 11) is 0. The van der Waals surface area contributed by atoms with E-state index in [2.05, 4.69) is 6.58 Å². The van der Waals surface area contributed by atoms with Gasteiger partial charge in [0.25, 0.3) is 0 Å². The molecule has 0 atom stereocenters. The van der Waals surface area contributed by atoms with Crippen molar-refractivity contribution in [3.63, 3.8) is 0 Å². The summed E-state index contributed by atoms with van der Waals surface area (Å²) in [4.78, 5) is 0. The molecule has 0 saturated heterocycles. The molecule has 1 aromatic rings. The van der Waals surface area contributed by atoms with Gasteiger partial charge in [-0.3, -0.25) is 0 Å². The molecule has 0 aromatic heterocycles. The molecule has 1 nitrogen and oxygen atoms in total. The molecule has 0 aliphatic heterocycles. The minimum atomic E-state index is 0.223. The van der Waals surface area contributed by atoms with Crippen molar-refractivity contribution in [3.8, 4) is 5.75 Å². The summed E-state index contributed by atoms with van der Waals surface area (Å²) >= 11 is 0. The number of hydrogen-bond acceptors (Lipinski definition) is 1. The standard InChI is InChI=1S/C12H16O/c1-9(2)11-6-5-7-12(8-11)13-10(3)4/h5-8,10H,1H2,2-4H3. The van der Waals surface area contributed by atoms with E-state index in [1.165, 1.54) is 0 Å². The van der Waals surface area contributed by atoms with Crippen molar-refractivity contribution in [2.75, 3.05) is 0 Å². The highest BCUT2D eigenvalue weighted by Crippen LogP contribution is 2.19. The predicted octanol–water partition coefficient (Wildman–Crippen LogP) is 3.51. The van der Waals surface area contributed by atoms with Crippen LogP contribution in [0.4, 0.5) is 0 Å². The molecule has 0 aliphatic carbocycles. The van der Waals surface area contributed by atoms with Gasteiger partial charge in [-0.2, -0.15) is 0 Å². The van der Waals surface area contributed by atoms with Gasteiger partial charge in [-0.15, -0.1) is 0 Å². The first-order valence-electron chi connectivity index (χ1n) is 4.52. The van der Waals surface area contributed by atoms with E-state index in [9.17, 15) is 0 Å². The second kappa shape index (κ2) is 4.13. The maximum Gasteiger partial charge on any atom is 0.120 e. The Labute approximate surface area is 80.0 Å². The maximum atomic E-state index is 5.56. The van der Waals surface area contributed by atoms with Gasteiger partial charge in [0.2, 0.25) is 0 Å². The summed E-state index contributed by atoms with van der Waals surface area (Å²) in [5.74, 6) is 0.913. The Hall–Kier alpha value is -1.24. The van der Waals surface area contributed by atoms with Crippen molar-refractivity contribution in [1.82, 2.24) is 0 Å². The average Bonchev–Trinajstić information content (AvgIpc) is 2.03. The second-order valence-electron chi connectivity index (χ2n) is 3.47. The molecule has 0 saturated carbocycles. The highest BCUT2D eigenvalue weighted by atomic mass is 16.5. The normalized spacial score (nSPS) is 10.2. The Kier molecular flexibility index (Phi) is 3.13. The van der Waals surface area contributed by atoms with Crippen LogP contribution >= 0.6 is 0 Å². The van der Waals surface area contributed by atoms with Crippen molar-refractivity contribution in [1.29, 1.82) is 0 Å². The number of rotatable bonds is 3. The topological polar surface area (TPSA) is 9.23 Å². The molecule has 0 fully saturated rings. The van der Waals surface area contributed by atoms with Crippen molar-refractivity contribution >= 4 is 5.57 Å². The summed E-state index contributed by atoms with van der Waals surface area (Å²) in [5.41, 5.74) is 2.20. The van der Waals surface area contributed by atoms with Gasteiger partial charge in [0, 0.05) is 0 Å². The van der Waals surface area contributed by atoms with Crippen LogP contribution in [0.25, 0.3) is 5.57 Å². The van der Waals surface area contributed by atoms with Crippen molar-refractivity contribution in [2.24, 2.45) is 0 Å². The van der Waals surface area contributed by atoms with Crippen LogP contribution in [-0.4, -0.2) is 6.10 Å². The van der Waals surface area contributed by atoms with E-state index in [-0.39, 0.29) is 6.10 Å². The van der Waals surface area contributed by atoms with Crippen LogP contribution in [0.2, 0.25) is 0 Å². The molecule has 1 aromatic carbocycles. The third-order valence-electron chi connectivity index (χ3n) is 1.70. The number of hydrogen-bond donors (Lipinski definition) is 0. The van der Waals surface area contributed by atoms with Crippen LogP contribution in [0.1, 0.15) is 26.3 Å². The summed E-state index contributed by atoms with van der Waals surface area (Å²) in [6.45, 7) is 9.93. The molecular weight excluding hydrogens is 160 g/mol. The molecule has 1 heteroatoms. The van der Waals surface area contributed by atoms with Crippen LogP contribution in [-0.2, 0) is 0 Å². The molecule has 0 radical (unpaired) electrons. The number of benzene rings is 1. The van der Waals surface area contributed by atoms with Gasteiger partial charge < -0.3 is 4.74 Å². The van der Waals surface area contributed by atoms with Gasteiger partial charge in [0.15, 0.2) is 0 Å². The van der Waals surface area contributed by atoms with Crippen LogP contribution in [0.5, 0.6) is 5.75 Å². The summed E-state index contributed by atoms with van der Waals surface area (Å²) in [6, 6.07) is 8.01. The first kappa shape index (κ1) is 9.85. The minimum absolute atomic E-state index is 0.223. The van der Waals surface area contributed by atoms with Gasteiger partial charge >= 0.3 is 0 Å². The van der Waals surface area contributed by atoms with Gasteiger partial charge in [0.05, 0.1) is 6.10 Å². The van der Waals surface area contributed by atoms with Gasteiger partial charge in [-0.05, 0) is 38.5 Å². The van der Waals surface area contributed by atoms with E-state index in [1.54, 1.807) is 0 Å².